The minimum atomic E-state index is 0.567. The number of nitrogens with two attached hydrogens (primary N) is 1. The van der Waals surface area contributed by atoms with Crippen LogP contribution < -0.4 is 15.1 Å². The van der Waals surface area contributed by atoms with Crippen LogP contribution in [0.2, 0.25) is 5.02 Å². The lowest BCUT2D eigenvalue weighted by Crippen LogP contribution is -3.12. The van der Waals surface area contributed by atoms with Crippen molar-refractivity contribution in [3.63, 3.8) is 0 Å². The quantitative estimate of drug-likeness (QED) is 0.856. The molecular formula is C20H28ClN3+2. The molecule has 0 amide bonds. The molecule has 3 nitrogen and oxygen atoms in total. The molecule has 0 radical (unpaired) electrons. The number of nitrogens with one attached hydrogen (secondary N) is 1. The summed E-state index contributed by atoms with van der Waals surface area (Å²) in [7, 11) is 0. The molecule has 128 valence electrons. The van der Waals surface area contributed by atoms with Crippen LogP contribution >= 0.6 is 11.6 Å². The van der Waals surface area contributed by atoms with E-state index in [9.17, 15) is 0 Å². The van der Waals surface area contributed by atoms with Gasteiger partial charge in [-0.05, 0) is 18.2 Å². The maximum absolute atomic E-state index is 6.31. The Labute approximate surface area is 150 Å². The number of rotatable bonds is 3. The first-order chi connectivity index (χ1) is 11.6. The number of piperidine rings is 1. The van der Waals surface area contributed by atoms with E-state index >= 15 is 0 Å². The summed E-state index contributed by atoms with van der Waals surface area (Å²) >= 11 is 6.31. The molecule has 3 N–H and O–H groups in total. The summed E-state index contributed by atoms with van der Waals surface area (Å²) in [4.78, 5) is 3.99. The van der Waals surface area contributed by atoms with Crippen molar-refractivity contribution in [3.8, 4) is 0 Å². The Balaban J connectivity index is 1.69. The van der Waals surface area contributed by atoms with Crippen molar-refractivity contribution in [3.05, 3.63) is 53.3 Å². The van der Waals surface area contributed by atoms with Crippen molar-refractivity contribution in [2.45, 2.75) is 38.3 Å². The van der Waals surface area contributed by atoms with E-state index in [1.807, 2.05) is 6.07 Å². The largest absolute Gasteiger partial charge is 0.346 e. The van der Waals surface area contributed by atoms with Crippen LogP contribution in [0.15, 0.2) is 42.8 Å². The molecule has 0 aromatic heterocycles. The number of fused-ring (bicyclic) bond motifs is 1. The molecule has 2 aliphatic heterocycles. The summed E-state index contributed by atoms with van der Waals surface area (Å²) in [6.07, 6.45) is 5.12. The number of benzene rings is 1. The van der Waals surface area contributed by atoms with Gasteiger partial charge in [0.2, 0.25) is 0 Å². The van der Waals surface area contributed by atoms with Crippen LogP contribution in [0.3, 0.4) is 0 Å². The first kappa shape index (κ1) is 16.2. The van der Waals surface area contributed by atoms with E-state index in [1.54, 1.807) is 4.90 Å². The van der Waals surface area contributed by atoms with E-state index in [-0.39, 0.29) is 0 Å². The van der Waals surface area contributed by atoms with Gasteiger partial charge in [0.1, 0.15) is 13.1 Å². The highest BCUT2D eigenvalue weighted by molar-refractivity contribution is 6.30. The van der Waals surface area contributed by atoms with E-state index in [1.165, 1.54) is 61.4 Å². The van der Waals surface area contributed by atoms with Crippen LogP contribution in [0.4, 0.5) is 5.69 Å². The van der Waals surface area contributed by atoms with Gasteiger partial charge in [-0.3, -0.25) is 0 Å². The van der Waals surface area contributed by atoms with Crippen molar-refractivity contribution < 1.29 is 10.2 Å². The number of hydrogen-bond donors (Lipinski definition) is 2. The van der Waals surface area contributed by atoms with Crippen LogP contribution in [-0.4, -0.2) is 25.7 Å². The smallest absolute Gasteiger partial charge is 0.118 e. The molecule has 24 heavy (non-hydrogen) atoms. The number of allylic oxidation sites excluding steroid dienone is 1. The fraction of sp³-hybridized carbons (Fsp3) is 0.500. The Kier molecular flexibility index (Phi) is 4.42. The van der Waals surface area contributed by atoms with Gasteiger partial charge in [-0.25, -0.2) is 0 Å². The highest BCUT2D eigenvalue weighted by Crippen LogP contribution is 2.35. The van der Waals surface area contributed by atoms with Crippen molar-refractivity contribution in [2.24, 2.45) is 5.92 Å². The summed E-state index contributed by atoms with van der Waals surface area (Å²) in [5.41, 5.74) is 5.01. The molecule has 1 saturated carbocycles. The Hall–Kier alpha value is -1.29. The molecule has 1 unspecified atom stereocenters. The van der Waals surface area contributed by atoms with E-state index in [0.29, 0.717) is 5.92 Å². The lowest BCUT2D eigenvalue weighted by atomic mass is 9.93. The average molecular weight is 346 g/mol. The van der Waals surface area contributed by atoms with Gasteiger partial charge in [-0.15, -0.1) is 0 Å². The fourth-order valence-corrected chi connectivity index (χ4v) is 4.51. The zero-order valence-electron chi connectivity index (χ0n) is 14.4. The van der Waals surface area contributed by atoms with Gasteiger partial charge in [-0.1, -0.05) is 24.8 Å². The van der Waals surface area contributed by atoms with Crippen molar-refractivity contribution in [2.75, 3.05) is 24.5 Å². The first-order valence-corrected chi connectivity index (χ1v) is 9.62. The Morgan fingerprint density at radius 2 is 1.92 bits per heavy atom. The molecule has 1 aromatic rings. The van der Waals surface area contributed by atoms with Gasteiger partial charge in [-0.2, -0.15) is 0 Å². The van der Waals surface area contributed by atoms with Crippen molar-refractivity contribution in [1.82, 2.24) is 0 Å². The standard InChI is InChI=1S/C20H26ClN3/c1-14-12-23(19-4-5-19)13-17-11-18(21)3-6-20(17)24(14)15(2)16-7-9-22-10-8-16/h3,6,11,16,19,22H,1-2,4-5,7-10,12-13H2/p+2. The maximum Gasteiger partial charge on any atom is 0.118 e. The molecule has 3 aliphatic rings. The Morgan fingerprint density at radius 3 is 2.62 bits per heavy atom. The van der Waals surface area contributed by atoms with Crippen LogP contribution in [0.5, 0.6) is 0 Å². The summed E-state index contributed by atoms with van der Waals surface area (Å²) in [6, 6.07) is 7.11. The van der Waals surface area contributed by atoms with Crippen LogP contribution in [0.25, 0.3) is 0 Å². The summed E-state index contributed by atoms with van der Waals surface area (Å²) < 4.78 is 0. The summed E-state index contributed by atoms with van der Waals surface area (Å²) in [6.45, 7) is 13.4. The minimum absolute atomic E-state index is 0.567. The van der Waals surface area contributed by atoms with Crippen molar-refractivity contribution in [1.29, 1.82) is 0 Å². The fourth-order valence-electron chi connectivity index (χ4n) is 4.31. The van der Waals surface area contributed by atoms with E-state index < -0.39 is 0 Å². The highest BCUT2D eigenvalue weighted by atomic mass is 35.5. The summed E-state index contributed by atoms with van der Waals surface area (Å²) in [5.74, 6) is 0.567. The average Bonchev–Trinajstić information content (AvgIpc) is 3.42. The van der Waals surface area contributed by atoms with Crippen molar-refractivity contribution >= 4 is 17.3 Å². The zero-order chi connectivity index (χ0) is 16.7. The lowest BCUT2D eigenvalue weighted by Gasteiger charge is -2.33. The number of quaternary nitrogens is 2. The van der Waals surface area contributed by atoms with Gasteiger partial charge < -0.3 is 15.1 Å². The molecule has 1 aromatic carbocycles. The molecular weight excluding hydrogens is 318 g/mol. The second-order valence-electron chi connectivity index (χ2n) is 7.59. The van der Waals surface area contributed by atoms with Crippen LogP contribution in [0, 0.1) is 5.92 Å². The van der Waals surface area contributed by atoms with Gasteiger partial charge in [0.05, 0.1) is 30.5 Å². The maximum atomic E-state index is 6.31. The Bertz CT molecular complexity index is 659. The third kappa shape index (κ3) is 3.13. The lowest BCUT2D eigenvalue weighted by molar-refractivity contribution is -0.919. The number of anilines is 1. The second kappa shape index (κ2) is 6.55. The Morgan fingerprint density at radius 1 is 1.17 bits per heavy atom. The predicted octanol–water partition coefficient (Wildman–Crippen LogP) is 1.71. The zero-order valence-corrected chi connectivity index (χ0v) is 15.1. The van der Waals surface area contributed by atoms with E-state index in [4.69, 9.17) is 11.6 Å². The highest BCUT2D eigenvalue weighted by Gasteiger charge is 2.38. The second-order valence-corrected chi connectivity index (χ2v) is 8.03. The molecule has 2 fully saturated rings. The molecule has 4 rings (SSSR count). The molecule has 1 atom stereocenters. The van der Waals surface area contributed by atoms with E-state index in [2.05, 4.69) is 35.5 Å². The van der Waals surface area contributed by atoms with Gasteiger partial charge in [0.25, 0.3) is 0 Å². The number of nitrogens with zero attached hydrogens (tertiary/aromatic N) is 1. The van der Waals surface area contributed by atoms with Crippen LogP contribution in [0.1, 0.15) is 31.2 Å². The first-order valence-electron chi connectivity index (χ1n) is 9.25. The molecule has 1 aliphatic carbocycles. The van der Waals surface area contributed by atoms with Gasteiger partial charge in [0.15, 0.2) is 0 Å². The third-order valence-electron chi connectivity index (χ3n) is 5.80. The molecule has 1 saturated heterocycles. The molecule has 0 spiro atoms. The third-order valence-corrected chi connectivity index (χ3v) is 6.03. The van der Waals surface area contributed by atoms with Gasteiger partial charge in [0, 0.05) is 47.9 Å². The van der Waals surface area contributed by atoms with Crippen LogP contribution in [-0.2, 0) is 6.54 Å². The molecule has 0 bridgehead atoms. The number of halogens is 1. The predicted molar refractivity (Wildman–Crippen MR) is 99.2 cm³/mol. The minimum Gasteiger partial charge on any atom is -0.346 e. The van der Waals surface area contributed by atoms with E-state index in [0.717, 1.165) is 24.2 Å². The molecule has 4 heteroatoms. The topological polar surface area (TPSA) is 24.3 Å². The molecule has 2 heterocycles. The van der Waals surface area contributed by atoms with Gasteiger partial charge >= 0.3 is 0 Å². The normalized spacial score (nSPS) is 25.3. The summed E-state index contributed by atoms with van der Waals surface area (Å²) in [5, 5.41) is 3.24. The number of hydrogen-bond acceptors (Lipinski definition) is 1. The monoisotopic (exact) mass is 345 g/mol. The SMILES string of the molecule is C=C1C[NH+](C2CC2)Cc2cc(Cl)ccc2N1C(=C)C1CC[NH2+]CC1.